The molecule has 0 saturated carbocycles. The molecule has 4 heteroatoms. The molecule has 1 aromatic heterocycles. The fraction of sp³-hybridized carbons (Fsp3) is 0.100. The predicted molar refractivity (Wildman–Crippen MR) is 72.6 cm³/mol. The molecule has 0 aliphatic carbocycles. The van der Waals surface area contributed by atoms with Crippen molar-refractivity contribution in [1.82, 2.24) is 0 Å². The van der Waals surface area contributed by atoms with Gasteiger partial charge in [-0.1, -0.05) is 15.9 Å². The lowest BCUT2D eigenvalue weighted by molar-refractivity contribution is 0.112. The Labute approximate surface area is 108 Å². The number of hydrogen-bond acceptors (Lipinski definition) is 2. The molecule has 1 aromatic carbocycles. The van der Waals surface area contributed by atoms with Gasteiger partial charge >= 0.3 is 0 Å². The second kappa shape index (κ2) is 4.28. The zero-order valence-electron chi connectivity index (χ0n) is 7.09. The summed E-state index contributed by atoms with van der Waals surface area (Å²) in [5, 5.41) is 3.89. The zero-order chi connectivity index (χ0) is 10.1. The molecule has 0 saturated heterocycles. The van der Waals surface area contributed by atoms with Crippen LogP contribution in [-0.2, 0) is 5.33 Å². The second-order valence-corrected chi connectivity index (χ2v) is 5.41. The quantitative estimate of drug-likeness (QED) is 0.433. The lowest BCUT2D eigenvalue weighted by Crippen LogP contribution is -1.89. The Kier molecular flexibility index (Phi) is 3.23. The second-order valence-electron chi connectivity index (χ2n) is 2.85. The molecule has 14 heavy (non-hydrogen) atoms. The molecule has 0 atom stereocenters. The van der Waals surface area contributed by atoms with E-state index in [0.717, 1.165) is 22.6 Å². The molecule has 0 aliphatic heterocycles. The number of fused-ring (bicyclic) bond motifs is 1. The Hall–Kier alpha value is 0.0600. The minimum Gasteiger partial charge on any atom is -0.298 e. The number of thiophene rings is 1. The van der Waals surface area contributed by atoms with Crippen molar-refractivity contribution in [2.24, 2.45) is 0 Å². The highest BCUT2D eigenvalue weighted by Gasteiger charge is 2.09. The van der Waals surface area contributed by atoms with Crippen LogP contribution >= 0.6 is 49.9 Å². The Morgan fingerprint density at radius 1 is 1.57 bits per heavy atom. The molecule has 0 amide bonds. The lowest BCUT2D eigenvalue weighted by atomic mass is 10.1. The van der Waals surface area contributed by atoms with Crippen molar-refractivity contribution in [1.29, 1.82) is 0 Å². The third kappa shape index (κ3) is 1.63. The van der Waals surface area contributed by atoms with Gasteiger partial charge in [0.15, 0.2) is 6.29 Å². The highest BCUT2D eigenvalue weighted by Crippen LogP contribution is 2.32. The van der Waals surface area contributed by atoms with Crippen molar-refractivity contribution in [3.05, 3.63) is 32.2 Å². The molecule has 1 nitrogen and oxygen atoms in total. The van der Waals surface area contributed by atoms with Gasteiger partial charge in [0.1, 0.15) is 0 Å². The number of rotatable bonds is 2. The smallest absolute Gasteiger partial charge is 0.150 e. The number of halogens is 2. The fourth-order valence-electron chi connectivity index (χ4n) is 1.38. The average Bonchev–Trinajstić information content (AvgIpc) is 2.68. The van der Waals surface area contributed by atoms with Gasteiger partial charge in [0.25, 0.3) is 0 Å². The fourth-order valence-corrected chi connectivity index (χ4v) is 4.25. The summed E-state index contributed by atoms with van der Waals surface area (Å²) in [5.74, 6) is 0. The standard InChI is InChI=1S/C10H6BrIOS/c11-4-6-3-7(5-13)8-1-2-14-10(8)9(6)12/h1-3,5H,4H2. The Morgan fingerprint density at radius 3 is 3.00 bits per heavy atom. The van der Waals surface area contributed by atoms with Crippen LogP contribution in [0.25, 0.3) is 10.1 Å². The molecule has 1 heterocycles. The summed E-state index contributed by atoms with van der Waals surface area (Å²) in [6, 6.07) is 3.96. The topological polar surface area (TPSA) is 17.1 Å². The number of carbonyl (C=O) groups is 1. The molecule has 0 radical (unpaired) electrons. The molecule has 0 N–H and O–H groups in total. The van der Waals surface area contributed by atoms with E-state index in [1.165, 1.54) is 13.8 Å². The van der Waals surface area contributed by atoms with E-state index in [-0.39, 0.29) is 0 Å². The van der Waals surface area contributed by atoms with Gasteiger partial charge in [0.05, 0.1) is 0 Å². The van der Waals surface area contributed by atoms with E-state index in [1.807, 2.05) is 17.5 Å². The Bertz CT molecular complexity index is 492. The summed E-state index contributed by atoms with van der Waals surface area (Å²) in [6.07, 6.45) is 0.928. The summed E-state index contributed by atoms with van der Waals surface area (Å²) >= 11 is 7.45. The highest BCUT2D eigenvalue weighted by molar-refractivity contribution is 14.1. The molecule has 2 rings (SSSR count). The van der Waals surface area contributed by atoms with Crippen LogP contribution < -0.4 is 0 Å². The van der Waals surface area contributed by atoms with Gasteiger partial charge in [-0.3, -0.25) is 4.79 Å². The maximum atomic E-state index is 10.9. The van der Waals surface area contributed by atoms with Crippen molar-refractivity contribution < 1.29 is 4.79 Å². The van der Waals surface area contributed by atoms with Crippen LogP contribution in [0.3, 0.4) is 0 Å². The molecule has 0 aliphatic rings. The van der Waals surface area contributed by atoms with Crippen LogP contribution in [0.15, 0.2) is 17.5 Å². The van der Waals surface area contributed by atoms with E-state index >= 15 is 0 Å². The molecule has 0 bridgehead atoms. The van der Waals surface area contributed by atoms with E-state index < -0.39 is 0 Å². The largest absolute Gasteiger partial charge is 0.298 e. The van der Waals surface area contributed by atoms with Gasteiger partial charge in [-0.05, 0) is 45.7 Å². The number of hydrogen-bond donors (Lipinski definition) is 0. The van der Waals surface area contributed by atoms with E-state index in [9.17, 15) is 4.79 Å². The number of alkyl halides is 1. The first-order valence-electron chi connectivity index (χ1n) is 3.97. The van der Waals surface area contributed by atoms with Crippen LogP contribution in [0.5, 0.6) is 0 Å². The monoisotopic (exact) mass is 380 g/mol. The molecule has 0 spiro atoms. The van der Waals surface area contributed by atoms with Crippen molar-refractivity contribution in [2.75, 3.05) is 0 Å². The summed E-state index contributed by atoms with van der Waals surface area (Å²) < 4.78 is 2.46. The van der Waals surface area contributed by atoms with Crippen LogP contribution in [0.2, 0.25) is 0 Å². The minimum atomic E-state index is 0.788. The van der Waals surface area contributed by atoms with Gasteiger partial charge in [-0.15, -0.1) is 11.3 Å². The van der Waals surface area contributed by atoms with E-state index in [2.05, 4.69) is 38.5 Å². The van der Waals surface area contributed by atoms with Crippen molar-refractivity contribution in [2.45, 2.75) is 5.33 Å². The van der Waals surface area contributed by atoms with Crippen LogP contribution in [-0.4, -0.2) is 6.29 Å². The molecular weight excluding hydrogens is 375 g/mol. The minimum absolute atomic E-state index is 0.788. The first-order chi connectivity index (χ1) is 6.77. The average molecular weight is 381 g/mol. The van der Waals surface area contributed by atoms with Gasteiger partial charge in [0, 0.05) is 24.5 Å². The SMILES string of the molecule is O=Cc1cc(CBr)c(I)c2sccc12. The maximum Gasteiger partial charge on any atom is 0.150 e. The Balaban J connectivity index is 2.86. The predicted octanol–water partition coefficient (Wildman–Crippen LogP) is 4.21. The third-order valence-corrected chi connectivity index (χ3v) is 5.19. The van der Waals surface area contributed by atoms with Crippen LogP contribution in [0.1, 0.15) is 15.9 Å². The van der Waals surface area contributed by atoms with Crippen molar-refractivity contribution >= 4 is 66.2 Å². The maximum absolute atomic E-state index is 10.9. The van der Waals surface area contributed by atoms with Gasteiger partial charge < -0.3 is 0 Å². The van der Waals surface area contributed by atoms with Gasteiger partial charge in [0.2, 0.25) is 0 Å². The first kappa shape index (κ1) is 10.6. The van der Waals surface area contributed by atoms with E-state index in [4.69, 9.17) is 0 Å². The third-order valence-electron chi connectivity index (χ3n) is 2.06. The molecule has 72 valence electrons. The van der Waals surface area contributed by atoms with Crippen molar-refractivity contribution in [3.63, 3.8) is 0 Å². The zero-order valence-corrected chi connectivity index (χ0v) is 11.6. The summed E-state index contributed by atoms with van der Waals surface area (Å²) in [7, 11) is 0. The number of benzene rings is 1. The van der Waals surface area contributed by atoms with E-state index in [0.29, 0.717) is 0 Å². The van der Waals surface area contributed by atoms with Crippen LogP contribution in [0, 0.1) is 3.57 Å². The lowest BCUT2D eigenvalue weighted by Gasteiger charge is -2.04. The number of aldehydes is 1. The van der Waals surface area contributed by atoms with E-state index in [1.54, 1.807) is 11.3 Å². The van der Waals surface area contributed by atoms with Crippen molar-refractivity contribution in [3.8, 4) is 0 Å². The Morgan fingerprint density at radius 2 is 2.36 bits per heavy atom. The summed E-state index contributed by atoms with van der Waals surface area (Å²) in [4.78, 5) is 10.9. The highest BCUT2D eigenvalue weighted by atomic mass is 127. The van der Waals surface area contributed by atoms with Gasteiger partial charge in [-0.2, -0.15) is 0 Å². The summed E-state index contributed by atoms with van der Waals surface area (Å²) in [6.45, 7) is 0. The number of carbonyl (C=O) groups excluding carboxylic acids is 1. The summed E-state index contributed by atoms with van der Waals surface area (Å²) in [5.41, 5.74) is 1.97. The molecular formula is C10H6BrIOS. The molecule has 0 fully saturated rings. The molecule has 0 unspecified atom stereocenters. The van der Waals surface area contributed by atoms with Gasteiger partial charge in [-0.25, -0.2) is 0 Å². The van der Waals surface area contributed by atoms with Crippen LogP contribution in [0.4, 0.5) is 0 Å². The first-order valence-corrected chi connectivity index (χ1v) is 7.05. The normalized spacial score (nSPS) is 10.7. The molecule has 2 aromatic rings.